The minimum Gasteiger partial charge on any atom is -0.499 e. The Bertz CT molecular complexity index is 759. The van der Waals surface area contributed by atoms with Gasteiger partial charge in [0.1, 0.15) is 5.75 Å². The highest BCUT2D eigenvalue weighted by Crippen LogP contribution is 2.23. The summed E-state index contributed by atoms with van der Waals surface area (Å²) in [6.45, 7) is 6.58. The number of hydrogen-bond donors (Lipinski definition) is 0. The molecule has 30 heavy (non-hydrogen) atoms. The van der Waals surface area contributed by atoms with Crippen LogP contribution in [0.4, 0.5) is 0 Å². The fourth-order valence-electron chi connectivity index (χ4n) is 3.53. The van der Waals surface area contributed by atoms with Gasteiger partial charge in [0.2, 0.25) is 0 Å². The van der Waals surface area contributed by atoms with Gasteiger partial charge < -0.3 is 9.47 Å². The van der Waals surface area contributed by atoms with Crippen LogP contribution in [-0.4, -0.2) is 12.7 Å². The molecule has 2 aromatic carbocycles. The third-order valence-corrected chi connectivity index (χ3v) is 5.38. The summed E-state index contributed by atoms with van der Waals surface area (Å²) in [5, 5.41) is 8.89. The molecule has 0 bridgehead atoms. The first-order chi connectivity index (χ1) is 14.8. The molecule has 1 unspecified atom stereocenters. The molecule has 160 valence electrons. The van der Waals surface area contributed by atoms with Crippen molar-refractivity contribution in [2.45, 2.75) is 70.8 Å². The molecule has 0 aromatic heterocycles. The summed E-state index contributed by atoms with van der Waals surface area (Å²) >= 11 is 0. The largest absolute Gasteiger partial charge is 0.499 e. The highest BCUT2D eigenvalue weighted by molar-refractivity contribution is 5.64. The quantitative estimate of drug-likeness (QED) is 0.225. The zero-order valence-electron chi connectivity index (χ0n) is 18.3. The van der Waals surface area contributed by atoms with Crippen LogP contribution in [0.3, 0.4) is 0 Å². The Morgan fingerprint density at radius 2 is 1.43 bits per heavy atom. The zero-order chi connectivity index (χ0) is 21.4. The van der Waals surface area contributed by atoms with Gasteiger partial charge in [-0.25, -0.2) is 0 Å². The minimum absolute atomic E-state index is 0.345. The highest BCUT2D eigenvalue weighted by Gasteiger charge is 2.04. The van der Waals surface area contributed by atoms with Crippen LogP contribution in [0.5, 0.6) is 5.75 Å². The summed E-state index contributed by atoms with van der Waals surface area (Å²) in [5.74, 6) is 0.916. The Kier molecular flexibility index (Phi) is 11.2. The van der Waals surface area contributed by atoms with Crippen molar-refractivity contribution >= 4 is 0 Å². The van der Waals surface area contributed by atoms with Gasteiger partial charge in [-0.3, -0.25) is 0 Å². The zero-order valence-corrected chi connectivity index (χ0v) is 18.3. The van der Waals surface area contributed by atoms with Crippen molar-refractivity contribution in [2.75, 3.05) is 6.61 Å². The van der Waals surface area contributed by atoms with Crippen molar-refractivity contribution in [3.63, 3.8) is 0 Å². The second kappa shape index (κ2) is 14.3. The van der Waals surface area contributed by atoms with Crippen molar-refractivity contribution in [2.24, 2.45) is 0 Å². The van der Waals surface area contributed by atoms with E-state index in [0.717, 1.165) is 42.7 Å². The molecule has 2 rings (SSSR count). The molecule has 0 radical (unpaired) electrons. The Morgan fingerprint density at radius 1 is 0.867 bits per heavy atom. The van der Waals surface area contributed by atoms with Crippen molar-refractivity contribution < 1.29 is 9.47 Å². The number of unbranched alkanes of at least 4 members (excludes halogenated alkanes) is 6. The van der Waals surface area contributed by atoms with Crippen molar-refractivity contribution in [1.29, 1.82) is 5.26 Å². The van der Waals surface area contributed by atoms with Crippen LogP contribution in [0.1, 0.15) is 70.3 Å². The lowest BCUT2D eigenvalue weighted by molar-refractivity contribution is 0.129. The van der Waals surface area contributed by atoms with Gasteiger partial charge in [0.15, 0.2) is 0 Å². The molecule has 0 spiro atoms. The maximum atomic E-state index is 8.89. The van der Waals surface area contributed by atoms with Gasteiger partial charge in [-0.1, -0.05) is 69.9 Å². The lowest BCUT2D eigenvalue weighted by Crippen LogP contribution is -2.07. The van der Waals surface area contributed by atoms with Gasteiger partial charge >= 0.3 is 0 Å². The minimum atomic E-state index is 0.345. The molecule has 2 aromatic rings. The van der Waals surface area contributed by atoms with Gasteiger partial charge in [0.05, 0.1) is 30.6 Å². The molecular formula is C27H35NO2. The standard InChI is InChI=1S/C27H35NO2/c1-3-26(29-4-2)12-10-8-6-5-7-9-11-21-30-27-19-17-25(18-20-27)24-15-13-23(22-28)14-16-24/h4,13-20,26H,2-3,5-12,21H2,1H3. The predicted octanol–water partition coefficient (Wildman–Crippen LogP) is 7.66. The molecule has 0 fully saturated rings. The van der Waals surface area contributed by atoms with E-state index in [4.69, 9.17) is 14.7 Å². The number of benzene rings is 2. The molecule has 0 saturated heterocycles. The number of nitriles is 1. The molecule has 0 amide bonds. The van der Waals surface area contributed by atoms with E-state index < -0.39 is 0 Å². The topological polar surface area (TPSA) is 42.2 Å². The maximum absolute atomic E-state index is 8.89. The summed E-state index contributed by atoms with van der Waals surface area (Å²) in [4.78, 5) is 0. The molecule has 3 heteroatoms. The van der Waals surface area contributed by atoms with Crippen LogP contribution < -0.4 is 4.74 Å². The lowest BCUT2D eigenvalue weighted by Gasteiger charge is -2.13. The van der Waals surface area contributed by atoms with E-state index in [2.05, 4.69) is 31.7 Å². The predicted molar refractivity (Wildman–Crippen MR) is 124 cm³/mol. The normalized spacial score (nSPS) is 11.5. The number of ether oxygens (including phenoxy) is 2. The Morgan fingerprint density at radius 3 is 2.00 bits per heavy atom. The summed E-state index contributed by atoms with van der Waals surface area (Å²) in [6, 6.07) is 18.0. The van der Waals surface area contributed by atoms with Crippen LogP contribution in [0.15, 0.2) is 61.4 Å². The fraction of sp³-hybridized carbons (Fsp3) is 0.444. The average molecular weight is 406 g/mol. The molecular weight excluding hydrogens is 370 g/mol. The van der Waals surface area contributed by atoms with E-state index in [9.17, 15) is 0 Å². The van der Waals surface area contributed by atoms with Gasteiger partial charge in [0.25, 0.3) is 0 Å². The van der Waals surface area contributed by atoms with E-state index in [-0.39, 0.29) is 0 Å². The van der Waals surface area contributed by atoms with Crippen LogP contribution >= 0.6 is 0 Å². The van der Waals surface area contributed by atoms with E-state index in [1.165, 1.54) is 38.5 Å². The Labute approximate surface area is 182 Å². The van der Waals surface area contributed by atoms with Crippen LogP contribution in [0.25, 0.3) is 11.1 Å². The smallest absolute Gasteiger partial charge is 0.119 e. The lowest BCUT2D eigenvalue weighted by atomic mass is 10.0. The SMILES string of the molecule is C=COC(CC)CCCCCCCCCOc1ccc(-c2ccc(C#N)cc2)cc1. The fourth-order valence-corrected chi connectivity index (χ4v) is 3.53. The number of nitrogens with zero attached hydrogens (tertiary/aromatic N) is 1. The van der Waals surface area contributed by atoms with Crippen LogP contribution in [0.2, 0.25) is 0 Å². The number of hydrogen-bond acceptors (Lipinski definition) is 3. The molecule has 0 aliphatic carbocycles. The van der Waals surface area contributed by atoms with E-state index in [1.54, 1.807) is 6.26 Å². The van der Waals surface area contributed by atoms with Gasteiger partial charge in [-0.2, -0.15) is 5.26 Å². The van der Waals surface area contributed by atoms with E-state index in [1.807, 2.05) is 36.4 Å². The third kappa shape index (κ3) is 8.74. The van der Waals surface area contributed by atoms with E-state index in [0.29, 0.717) is 11.7 Å². The number of rotatable bonds is 15. The second-order valence-electron chi connectivity index (χ2n) is 7.66. The Hall–Kier alpha value is -2.73. The molecule has 1 atom stereocenters. The maximum Gasteiger partial charge on any atom is 0.119 e. The summed E-state index contributed by atoms with van der Waals surface area (Å²) in [7, 11) is 0. The van der Waals surface area contributed by atoms with Gasteiger partial charge in [0, 0.05) is 0 Å². The van der Waals surface area contributed by atoms with Crippen molar-refractivity contribution in [3.05, 3.63) is 66.9 Å². The molecule has 3 nitrogen and oxygen atoms in total. The first-order valence-corrected chi connectivity index (χ1v) is 11.3. The van der Waals surface area contributed by atoms with Crippen molar-refractivity contribution in [3.8, 4) is 22.9 Å². The molecule has 0 N–H and O–H groups in total. The van der Waals surface area contributed by atoms with Gasteiger partial charge in [-0.15, -0.1) is 0 Å². The molecule has 0 aliphatic heterocycles. The average Bonchev–Trinajstić information content (AvgIpc) is 2.80. The van der Waals surface area contributed by atoms with E-state index >= 15 is 0 Å². The third-order valence-electron chi connectivity index (χ3n) is 5.38. The van der Waals surface area contributed by atoms with Crippen LogP contribution in [0, 0.1) is 11.3 Å². The summed E-state index contributed by atoms with van der Waals surface area (Å²) < 4.78 is 11.4. The highest BCUT2D eigenvalue weighted by atomic mass is 16.5. The first kappa shape index (κ1) is 23.5. The molecule has 0 aliphatic rings. The molecule has 0 heterocycles. The molecule has 0 saturated carbocycles. The second-order valence-corrected chi connectivity index (χ2v) is 7.66. The Balaban J connectivity index is 1.53. The monoisotopic (exact) mass is 405 g/mol. The summed E-state index contributed by atoms with van der Waals surface area (Å²) in [5.41, 5.74) is 2.93. The first-order valence-electron chi connectivity index (χ1n) is 11.3. The van der Waals surface area contributed by atoms with Gasteiger partial charge in [-0.05, 0) is 61.1 Å². The summed E-state index contributed by atoms with van der Waals surface area (Å²) in [6.07, 6.45) is 12.9. The van der Waals surface area contributed by atoms with Crippen LogP contribution in [-0.2, 0) is 4.74 Å². The van der Waals surface area contributed by atoms with Crippen molar-refractivity contribution in [1.82, 2.24) is 0 Å².